The fourth-order valence-electron chi connectivity index (χ4n) is 2.99. The predicted molar refractivity (Wildman–Crippen MR) is 68.6 cm³/mol. The average molecular weight is 251 g/mol. The van der Waals surface area contributed by atoms with E-state index in [2.05, 4.69) is 25.9 Å². The number of nitrogens with zero attached hydrogens (tertiary/aromatic N) is 3. The van der Waals surface area contributed by atoms with Crippen molar-refractivity contribution in [1.29, 1.82) is 0 Å². The highest BCUT2D eigenvalue weighted by molar-refractivity contribution is 5.67. The minimum absolute atomic E-state index is 0.118. The number of hydrogen-bond acceptors (Lipinski definition) is 2. The van der Waals surface area contributed by atoms with Gasteiger partial charge in [-0.25, -0.2) is 4.79 Å². The van der Waals surface area contributed by atoms with Crippen molar-refractivity contribution in [1.82, 2.24) is 14.7 Å². The molecule has 0 saturated carbocycles. The minimum atomic E-state index is -0.844. The van der Waals surface area contributed by atoms with Crippen molar-refractivity contribution in [2.24, 2.45) is 12.5 Å². The van der Waals surface area contributed by atoms with Gasteiger partial charge in [-0.3, -0.25) is 4.68 Å². The Labute approximate surface area is 107 Å². The van der Waals surface area contributed by atoms with Crippen LogP contribution >= 0.6 is 0 Å². The molecule has 5 heteroatoms. The first-order chi connectivity index (χ1) is 8.23. The molecule has 0 fully saturated rings. The Morgan fingerprint density at radius 3 is 2.56 bits per heavy atom. The van der Waals surface area contributed by atoms with Crippen molar-refractivity contribution in [3.8, 4) is 0 Å². The first kappa shape index (κ1) is 12.9. The van der Waals surface area contributed by atoms with E-state index in [-0.39, 0.29) is 11.5 Å². The minimum Gasteiger partial charge on any atom is -0.465 e. The van der Waals surface area contributed by atoms with Gasteiger partial charge in [0, 0.05) is 31.3 Å². The van der Waals surface area contributed by atoms with Gasteiger partial charge in [0.1, 0.15) is 0 Å². The Balaban J connectivity index is 2.59. The van der Waals surface area contributed by atoms with E-state index in [1.165, 1.54) is 5.69 Å². The van der Waals surface area contributed by atoms with Crippen molar-refractivity contribution in [3.05, 3.63) is 17.0 Å². The maximum Gasteiger partial charge on any atom is 0.407 e. The SMILES string of the molecule is Cc1nn(C)c2c1C(C(C)(C)C)N(C(=O)O)CC2. The third kappa shape index (κ3) is 1.87. The van der Waals surface area contributed by atoms with E-state index in [4.69, 9.17) is 0 Å². The molecule has 1 amide bonds. The summed E-state index contributed by atoms with van der Waals surface area (Å²) >= 11 is 0. The van der Waals surface area contributed by atoms with E-state index in [9.17, 15) is 9.90 Å². The van der Waals surface area contributed by atoms with E-state index >= 15 is 0 Å². The summed E-state index contributed by atoms with van der Waals surface area (Å²) in [5.41, 5.74) is 3.07. The van der Waals surface area contributed by atoms with Gasteiger partial charge >= 0.3 is 6.09 Å². The van der Waals surface area contributed by atoms with Gasteiger partial charge in [0.15, 0.2) is 0 Å². The fraction of sp³-hybridized carbons (Fsp3) is 0.692. The third-order valence-corrected chi connectivity index (χ3v) is 3.63. The molecule has 0 radical (unpaired) electrons. The molecule has 2 heterocycles. The largest absolute Gasteiger partial charge is 0.465 e. The number of fused-ring (bicyclic) bond motifs is 1. The summed E-state index contributed by atoms with van der Waals surface area (Å²) in [6.45, 7) is 8.74. The van der Waals surface area contributed by atoms with Crippen molar-refractivity contribution in [3.63, 3.8) is 0 Å². The second-order valence-electron chi connectivity index (χ2n) is 6.06. The molecule has 1 unspecified atom stereocenters. The van der Waals surface area contributed by atoms with E-state index in [0.29, 0.717) is 6.54 Å². The summed E-state index contributed by atoms with van der Waals surface area (Å²) in [4.78, 5) is 13.0. The van der Waals surface area contributed by atoms with Crippen LogP contribution in [0.1, 0.15) is 43.8 Å². The molecular formula is C13H21N3O2. The second-order valence-corrected chi connectivity index (χ2v) is 6.06. The normalized spacial score (nSPS) is 19.8. The van der Waals surface area contributed by atoms with Crippen LogP contribution in [-0.4, -0.2) is 32.4 Å². The van der Waals surface area contributed by atoms with Crippen molar-refractivity contribution < 1.29 is 9.90 Å². The van der Waals surface area contributed by atoms with Crippen LogP contribution in [0.2, 0.25) is 0 Å². The molecule has 2 rings (SSSR count). The first-order valence-electron chi connectivity index (χ1n) is 6.25. The summed E-state index contributed by atoms with van der Waals surface area (Å²) in [7, 11) is 1.93. The van der Waals surface area contributed by atoms with E-state index in [1.807, 2.05) is 18.7 Å². The Hall–Kier alpha value is -1.52. The number of carboxylic acid groups (broad SMARTS) is 1. The van der Waals surface area contributed by atoms with Gasteiger partial charge in [-0.05, 0) is 12.3 Å². The molecule has 5 nitrogen and oxygen atoms in total. The highest BCUT2D eigenvalue weighted by Crippen LogP contribution is 2.43. The molecule has 1 N–H and O–H groups in total. The van der Waals surface area contributed by atoms with Crippen LogP contribution in [0.15, 0.2) is 0 Å². The Kier molecular flexibility index (Phi) is 2.87. The van der Waals surface area contributed by atoms with Gasteiger partial charge in [0.05, 0.1) is 11.7 Å². The standard InChI is InChI=1S/C13H21N3O2/c1-8-10-9(15(5)14-8)6-7-16(12(17)18)11(10)13(2,3)4/h11H,6-7H2,1-5H3,(H,17,18). The monoisotopic (exact) mass is 251 g/mol. The smallest absolute Gasteiger partial charge is 0.407 e. The molecule has 1 aliphatic heterocycles. The zero-order chi connectivity index (χ0) is 13.7. The number of rotatable bonds is 0. The maximum absolute atomic E-state index is 11.4. The molecule has 1 aliphatic rings. The maximum atomic E-state index is 11.4. The van der Waals surface area contributed by atoms with Gasteiger partial charge in [-0.2, -0.15) is 5.10 Å². The van der Waals surface area contributed by atoms with Crippen LogP contribution in [-0.2, 0) is 13.5 Å². The van der Waals surface area contributed by atoms with Crippen molar-refractivity contribution in [2.75, 3.05) is 6.54 Å². The molecule has 1 aromatic heterocycles. The van der Waals surface area contributed by atoms with Gasteiger partial charge in [-0.1, -0.05) is 20.8 Å². The van der Waals surface area contributed by atoms with Gasteiger partial charge in [-0.15, -0.1) is 0 Å². The highest BCUT2D eigenvalue weighted by Gasteiger charge is 2.41. The quantitative estimate of drug-likeness (QED) is 0.770. The number of aryl methyl sites for hydroxylation is 2. The first-order valence-corrected chi connectivity index (χ1v) is 6.25. The molecular weight excluding hydrogens is 230 g/mol. The van der Waals surface area contributed by atoms with Crippen molar-refractivity contribution in [2.45, 2.75) is 40.2 Å². The van der Waals surface area contributed by atoms with E-state index in [1.54, 1.807) is 4.90 Å². The van der Waals surface area contributed by atoms with Crippen LogP contribution in [0.25, 0.3) is 0 Å². The lowest BCUT2D eigenvalue weighted by atomic mass is 9.78. The van der Waals surface area contributed by atoms with Crippen LogP contribution in [0.4, 0.5) is 4.79 Å². The van der Waals surface area contributed by atoms with Crippen LogP contribution in [0.3, 0.4) is 0 Å². The zero-order valence-corrected chi connectivity index (χ0v) is 11.7. The number of aromatic nitrogens is 2. The lowest BCUT2D eigenvalue weighted by molar-refractivity contribution is 0.0750. The summed E-state index contributed by atoms with van der Waals surface area (Å²) in [6.07, 6.45) is -0.102. The van der Waals surface area contributed by atoms with Crippen LogP contribution in [0.5, 0.6) is 0 Å². The number of hydrogen-bond donors (Lipinski definition) is 1. The van der Waals surface area contributed by atoms with Crippen molar-refractivity contribution >= 4 is 6.09 Å². The third-order valence-electron chi connectivity index (χ3n) is 3.63. The molecule has 1 atom stereocenters. The van der Waals surface area contributed by atoms with E-state index < -0.39 is 6.09 Å². The van der Waals surface area contributed by atoms with Crippen LogP contribution < -0.4 is 0 Å². The molecule has 0 aliphatic carbocycles. The molecule has 0 spiro atoms. The zero-order valence-electron chi connectivity index (χ0n) is 11.7. The van der Waals surface area contributed by atoms with Gasteiger partial charge in [0.25, 0.3) is 0 Å². The second kappa shape index (κ2) is 4.00. The van der Waals surface area contributed by atoms with Gasteiger partial charge < -0.3 is 10.0 Å². The molecule has 0 saturated heterocycles. The lowest BCUT2D eigenvalue weighted by Gasteiger charge is -2.42. The molecule has 1 aromatic rings. The number of carbonyl (C=O) groups is 1. The fourth-order valence-corrected chi connectivity index (χ4v) is 2.99. The summed E-state index contributed by atoms with van der Waals surface area (Å²) in [5.74, 6) is 0. The Morgan fingerprint density at radius 2 is 2.06 bits per heavy atom. The highest BCUT2D eigenvalue weighted by atomic mass is 16.4. The topological polar surface area (TPSA) is 58.4 Å². The molecule has 0 aromatic carbocycles. The van der Waals surface area contributed by atoms with Gasteiger partial charge in [0.2, 0.25) is 0 Å². The van der Waals surface area contributed by atoms with E-state index in [0.717, 1.165) is 17.7 Å². The number of amides is 1. The predicted octanol–water partition coefficient (Wildman–Crippen LogP) is 2.35. The summed E-state index contributed by atoms with van der Waals surface area (Å²) < 4.78 is 1.89. The Morgan fingerprint density at radius 1 is 1.44 bits per heavy atom. The Bertz CT molecular complexity index is 485. The van der Waals surface area contributed by atoms with Crippen LogP contribution in [0, 0.1) is 12.3 Å². The molecule has 100 valence electrons. The lowest BCUT2D eigenvalue weighted by Crippen LogP contribution is -2.45. The molecule has 18 heavy (non-hydrogen) atoms. The average Bonchev–Trinajstić information content (AvgIpc) is 2.52. The summed E-state index contributed by atoms with van der Waals surface area (Å²) in [5, 5.41) is 13.8. The molecule has 0 bridgehead atoms. The summed E-state index contributed by atoms with van der Waals surface area (Å²) in [6, 6.07) is -0.118.